The second-order valence-electron chi connectivity index (χ2n) is 3.83. The maximum absolute atomic E-state index is 12.7. The van der Waals surface area contributed by atoms with Crippen molar-refractivity contribution in [3.05, 3.63) is 40.1 Å². The first kappa shape index (κ1) is 12.2. The van der Waals surface area contributed by atoms with Crippen LogP contribution < -0.4 is 5.56 Å². The summed E-state index contributed by atoms with van der Waals surface area (Å²) in [6, 6.07) is 2.59. The van der Waals surface area contributed by atoms with Crippen molar-refractivity contribution in [1.29, 1.82) is 0 Å². The Bertz CT molecular complexity index is 608. The maximum atomic E-state index is 12.7. The molecule has 0 aromatic carbocycles. The summed E-state index contributed by atoms with van der Waals surface area (Å²) in [6.07, 6.45) is 2.20. The summed E-state index contributed by atoms with van der Waals surface area (Å²) in [6.45, 7) is 1.90. The van der Waals surface area contributed by atoms with Crippen molar-refractivity contribution in [2.75, 3.05) is 0 Å². The fourth-order valence-electron chi connectivity index (χ4n) is 1.60. The largest absolute Gasteiger partial charge is 0.493 e. The molecule has 2 aromatic heterocycles. The van der Waals surface area contributed by atoms with E-state index in [1.807, 2.05) is 6.92 Å². The molecule has 2 N–H and O–H groups in total. The van der Waals surface area contributed by atoms with Crippen molar-refractivity contribution in [3.63, 3.8) is 0 Å². The van der Waals surface area contributed by atoms with E-state index >= 15 is 0 Å². The second kappa shape index (κ2) is 4.95. The van der Waals surface area contributed by atoms with Gasteiger partial charge in [-0.25, -0.2) is 9.37 Å². The number of H-pyrrole nitrogens is 1. The van der Waals surface area contributed by atoms with Gasteiger partial charge in [-0.3, -0.25) is 4.79 Å². The molecule has 5 nitrogen and oxygen atoms in total. The quantitative estimate of drug-likeness (QED) is 0.866. The van der Waals surface area contributed by atoms with Crippen molar-refractivity contribution in [1.82, 2.24) is 15.0 Å². The molecule has 0 atom stereocenters. The van der Waals surface area contributed by atoms with Gasteiger partial charge < -0.3 is 10.1 Å². The number of nitrogens with zero attached hydrogens (tertiary/aromatic N) is 2. The van der Waals surface area contributed by atoms with Crippen molar-refractivity contribution in [3.8, 4) is 17.4 Å². The summed E-state index contributed by atoms with van der Waals surface area (Å²) in [5.74, 6) is -0.660. The van der Waals surface area contributed by atoms with Gasteiger partial charge in [0.15, 0.2) is 5.82 Å². The van der Waals surface area contributed by atoms with Gasteiger partial charge in [0.1, 0.15) is 11.5 Å². The Hall–Kier alpha value is -2.24. The lowest BCUT2D eigenvalue weighted by atomic mass is 10.2. The van der Waals surface area contributed by atoms with Crippen LogP contribution in [0, 0.1) is 5.82 Å². The Kier molecular flexibility index (Phi) is 3.36. The monoisotopic (exact) mass is 249 g/mol. The number of rotatable bonds is 3. The Labute approximate surface area is 102 Å². The molecule has 2 heterocycles. The normalized spacial score (nSPS) is 10.6. The first-order valence-corrected chi connectivity index (χ1v) is 5.56. The molecule has 0 aliphatic carbocycles. The maximum Gasteiger partial charge on any atom is 0.258 e. The number of hydrogen-bond acceptors (Lipinski definition) is 4. The molecule has 0 aliphatic heterocycles. The van der Waals surface area contributed by atoms with Crippen LogP contribution in [-0.2, 0) is 6.42 Å². The predicted molar refractivity (Wildman–Crippen MR) is 63.7 cm³/mol. The molecular weight excluding hydrogens is 237 g/mol. The lowest BCUT2D eigenvalue weighted by molar-refractivity contribution is 0.443. The first-order valence-electron chi connectivity index (χ1n) is 5.56. The molecule has 94 valence electrons. The van der Waals surface area contributed by atoms with Gasteiger partial charge in [0.25, 0.3) is 5.56 Å². The summed E-state index contributed by atoms with van der Waals surface area (Å²) in [5, 5.41) is 9.69. The Balaban J connectivity index is 2.48. The second-order valence-corrected chi connectivity index (χ2v) is 3.83. The van der Waals surface area contributed by atoms with E-state index in [1.165, 1.54) is 12.1 Å². The minimum Gasteiger partial charge on any atom is -0.493 e. The van der Waals surface area contributed by atoms with Gasteiger partial charge in [0.2, 0.25) is 5.88 Å². The Morgan fingerprint density at radius 1 is 1.44 bits per heavy atom. The van der Waals surface area contributed by atoms with E-state index in [-0.39, 0.29) is 17.3 Å². The fourth-order valence-corrected chi connectivity index (χ4v) is 1.60. The molecule has 2 rings (SSSR count). The van der Waals surface area contributed by atoms with Crippen molar-refractivity contribution in [2.24, 2.45) is 0 Å². The summed E-state index contributed by atoms with van der Waals surface area (Å²) >= 11 is 0. The minimum atomic E-state index is -0.479. The molecule has 0 fully saturated rings. The highest BCUT2D eigenvalue weighted by molar-refractivity contribution is 5.49. The highest BCUT2D eigenvalue weighted by Crippen LogP contribution is 2.16. The topological polar surface area (TPSA) is 78.9 Å². The summed E-state index contributed by atoms with van der Waals surface area (Å²) in [5.41, 5.74) is 0.153. The lowest BCUT2D eigenvalue weighted by Crippen LogP contribution is -2.15. The highest BCUT2D eigenvalue weighted by Gasteiger charge is 2.11. The van der Waals surface area contributed by atoms with E-state index in [0.717, 1.165) is 12.6 Å². The zero-order valence-electron chi connectivity index (χ0n) is 9.77. The van der Waals surface area contributed by atoms with E-state index in [1.54, 1.807) is 0 Å². The molecule has 2 aromatic rings. The number of nitrogens with one attached hydrogen (secondary N) is 1. The molecular formula is C12H12FN3O2. The fraction of sp³-hybridized carbons (Fsp3) is 0.250. The number of aromatic amines is 1. The summed E-state index contributed by atoms with van der Waals surface area (Å²) in [7, 11) is 0. The van der Waals surface area contributed by atoms with Crippen LogP contribution in [-0.4, -0.2) is 20.1 Å². The molecule has 0 amide bonds. The number of pyridine rings is 1. The van der Waals surface area contributed by atoms with Gasteiger partial charge in [-0.15, -0.1) is 0 Å². The average molecular weight is 249 g/mol. The zero-order valence-corrected chi connectivity index (χ0v) is 9.77. The molecule has 0 saturated heterocycles. The smallest absolute Gasteiger partial charge is 0.258 e. The molecule has 6 heteroatoms. The van der Waals surface area contributed by atoms with Gasteiger partial charge in [-0.2, -0.15) is 4.98 Å². The number of halogens is 1. The van der Waals surface area contributed by atoms with Crippen LogP contribution in [0.1, 0.15) is 18.9 Å². The molecule has 0 aliphatic rings. The third-order valence-corrected chi connectivity index (χ3v) is 2.46. The van der Waals surface area contributed by atoms with Gasteiger partial charge in [0, 0.05) is 0 Å². The van der Waals surface area contributed by atoms with Gasteiger partial charge in [-0.1, -0.05) is 13.3 Å². The van der Waals surface area contributed by atoms with Crippen LogP contribution in [0.4, 0.5) is 4.39 Å². The summed E-state index contributed by atoms with van der Waals surface area (Å²) in [4.78, 5) is 21.9. The van der Waals surface area contributed by atoms with Gasteiger partial charge in [0.05, 0.1) is 11.8 Å². The van der Waals surface area contributed by atoms with Crippen molar-refractivity contribution >= 4 is 0 Å². The first-order chi connectivity index (χ1) is 8.61. The van der Waals surface area contributed by atoms with E-state index in [2.05, 4.69) is 15.0 Å². The van der Waals surface area contributed by atoms with E-state index in [0.29, 0.717) is 12.1 Å². The predicted octanol–water partition coefficient (Wildman–Crippen LogP) is 1.63. The standard InChI is InChI=1S/C12H12FN3O2/c1-2-3-8-11(17)15-10(16-12(8)18)9-5-4-7(13)6-14-9/h4-6H,2-3H2,1H3,(H2,15,16,17,18). The number of hydrogen-bond donors (Lipinski definition) is 2. The van der Waals surface area contributed by atoms with Crippen LogP contribution in [0.2, 0.25) is 0 Å². The molecule has 0 spiro atoms. The Morgan fingerprint density at radius 2 is 2.22 bits per heavy atom. The van der Waals surface area contributed by atoms with E-state index in [9.17, 15) is 14.3 Å². The van der Waals surface area contributed by atoms with E-state index in [4.69, 9.17) is 0 Å². The number of aromatic nitrogens is 3. The lowest BCUT2D eigenvalue weighted by Gasteiger charge is -2.04. The van der Waals surface area contributed by atoms with Crippen LogP contribution in [0.25, 0.3) is 11.5 Å². The third-order valence-electron chi connectivity index (χ3n) is 2.46. The average Bonchev–Trinajstić information content (AvgIpc) is 2.34. The molecule has 0 saturated carbocycles. The van der Waals surface area contributed by atoms with E-state index < -0.39 is 11.4 Å². The van der Waals surface area contributed by atoms with Crippen LogP contribution in [0.3, 0.4) is 0 Å². The van der Waals surface area contributed by atoms with Crippen molar-refractivity contribution in [2.45, 2.75) is 19.8 Å². The van der Waals surface area contributed by atoms with Crippen LogP contribution >= 0.6 is 0 Å². The Morgan fingerprint density at radius 3 is 2.78 bits per heavy atom. The molecule has 0 bridgehead atoms. The highest BCUT2D eigenvalue weighted by atomic mass is 19.1. The van der Waals surface area contributed by atoms with Crippen LogP contribution in [0.15, 0.2) is 23.1 Å². The van der Waals surface area contributed by atoms with Gasteiger partial charge >= 0.3 is 0 Å². The van der Waals surface area contributed by atoms with Crippen LogP contribution in [0.5, 0.6) is 5.88 Å². The zero-order chi connectivity index (χ0) is 13.1. The van der Waals surface area contributed by atoms with Crippen molar-refractivity contribution < 1.29 is 9.50 Å². The molecule has 18 heavy (non-hydrogen) atoms. The third kappa shape index (κ3) is 2.37. The molecule has 0 unspecified atom stereocenters. The van der Waals surface area contributed by atoms with Gasteiger partial charge in [-0.05, 0) is 18.6 Å². The SMILES string of the molecule is CCCc1c(O)nc(-c2ccc(F)cn2)[nH]c1=O. The summed E-state index contributed by atoms with van der Waals surface area (Å²) < 4.78 is 12.7. The number of aromatic hydroxyl groups is 1. The minimum absolute atomic E-state index is 0.123. The molecule has 0 radical (unpaired) electrons.